The average Bonchev–Trinajstić information content (AvgIpc) is 2.49. The van der Waals surface area contributed by atoms with E-state index < -0.39 is 0 Å². The largest absolute Gasteiger partial charge is 0.271 e. The van der Waals surface area contributed by atoms with Gasteiger partial charge in [-0.15, -0.1) is 0 Å². The Morgan fingerprint density at radius 1 is 1.05 bits per heavy atom. The van der Waals surface area contributed by atoms with Crippen molar-refractivity contribution in [1.82, 2.24) is 5.43 Å². The van der Waals surface area contributed by atoms with Crippen LogP contribution >= 0.6 is 0 Å². The Kier molecular flexibility index (Phi) is 4.45. The summed E-state index contributed by atoms with van der Waals surface area (Å²) in [5.41, 5.74) is 4.30. The van der Waals surface area contributed by atoms with Crippen molar-refractivity contribution in [3.05, 3.63) is 71.8 Å². The van der Waals surface area contributed by atoms with Crippen molar-refractivity contribution in [2.45, 2.75) is 12.8 Å². The lowest BCUT2D eigenvalue weighted by atomic mass is 10.0. The fraction of sp³-hybridized carbons (Fsp3) is 0.125. The number of nitrogens with zero attached hydrogens (tertiary/aromatic N) is 1. The molecule has 0 aromatic heterocycles. The quantitative estimate of drug-likeness (QED) is 0.659. The molecule has 0 aliphatic carbocycles. The van der Waals surface area contributed by atoms with Gasteiger partial charge in [0.15, 0.2) is 0 Å². The van der Waals surface area contributed by atoms with Crippen LogP contribution in [0.4, 0.5) is 0 Å². The van der Waals surface area contributed by atoms with Crippen LogP contribution in [0.3, 0.4) is 0 Å². The molecule has 3 heteroatoms. The Bertz CT molecular complexity index is 549. The van der Waals surface area contributed by atoms with E-state index in [2.05, 4.69) is 10.5 Å². The molecule has 0 fully saturated rings. The summed E-state index contributed by atoms with van der Waals surface area (Å²) in [6, 6.07) is 19.1. The SMILES string of the molecule is C[C@H](/C=N\NC(=O)c1ccccc1)c1ccccc1. The first kappa shape index (κ1) is 13.0. The zero-order valence-corrected chi connectivity index (χ0v) is 10.8. The first-order valence-corrected chi connectivity index (χ1v) is 6.21. The Hall–Kier alpha value is -2.42. The number of rotatable bonds is 4. The Balaban J connectivity index is 1.92. The van der Waals surface area contributed by atoms with Crippen LogP contribution in [0.25, 0.3) is 0 Å². The fourth-order valence-corrected chi connectivity index (χ4v) is 1.70. The number of hydrogen-bond donors (Lipinski definition) is 1. The summed E-state index contributed by atoms with van der Waals surface area (Å²) in [5, 5.41) is 4.00. The number of nitrogens with one attached hydrogen (secondary N) is 1. The number of hydrogen-bond acceptors (Lipinski definition) is 2. The highest BCUT2D eigenvalue weighted by atomic mass is 16.2. The molecule has 0 spiro atoms. The molecule has 1 N–H and O–H groups in total. The standard InChI is InChI=1S/C16H16N2O/c1-13(14-8-4-2-5-9-14)12-17-18-16(19)15-10-6-3-7-11-15/h2-13H,1H3,(H,18,19)/b17-12-/t13-/m1/s1. The maximum Gasteiger partial charge on any atom is 0.271 e. The van der Waals surface area contributed by atoms with E-state index in [1.54, 1.807) is 18.3 Å². The Morgan fingerprint density at radius 3 is 2.26 bits per heavy atom. The van der Waals surface area contributed by atoms with Crippen LogP contribution < -0.4 is 5.43 Å². The van der Waals surface area contributed by atoms with Crippen molar-refractivity contribution < 1.29 is 4.79 Å². The number of carbonyl (C=O) groups excluding carboxylic acids is 1. The molecule has 0 bridgehead atoms. The van der Waals surface area contributed by atoms with E-state index in [0.717, 1.165) is 0 Å². The van der Waals surface area contributed by atoms with E-state index in [1.165, 1.54) is 5.56 Å². The van der Waals surface area contributed by atoms with Crippen molar-refractivity contribution in [3.8, 4) is 0 Å². The van der Waals surface area contributed by atoms with Gasteiger partial charge in [-0.1, -0.05) is 55.5 Å². The molecule has 0 aliphatic rings. The van der Waals surface area contributed by atoms with Crippen molar-refractivity contribution in [2.75, 3.05) is 0 Å². The number of carbonyl (C=O) groups is 1. The molecule has 0 radical (unpaired) electrons. The molecule has 2 aromatic rings. The zero-order chi connectivity index (χ0) is 13.5. The topological polar surface area (TPSA) is 41.5 Å². The van der Waals surface area contributed by atoms with Gasteiger partial charge in [0.1, 0.15) is 0 Å². The summed E-state index contributed by atoms with van der Waals surface area (Å²) < 4.78 is 0. The van der Waals surface area contributed by atoms with E-state index >= 15 is 0 Å². The summed E-state index contributed by atoms with van der Waals surface area (Å²) in [4.78, 5) is 11.7. The van der Waals surface area contributed by atoms with Gasteiger partial charge < -0.3 is 0 Å². The van der Waals surface area contributed by atoms with Gasteiger partial charge in [0, 0.05) is 17.7 Å². The number of hydrazone groups is 1. The predicted molar refractivity (Wildman–Crippen MR) is 77.3 cm³/mol. The molecular weight excluding hydrogens is 236 g/mol. The number of amides is 1. The van der Waals surface area contributed by atoms with E-state index in [4.69, 9.17) is 0 Å². The maximum absolute atomic E-state index is 11.7. The Morgan fingerprint density at radius 2 is 1.63 bits per heavy atom. The second-order valence-corrected chi connectivity index (χ2v) is 4.28. The molecule has 1 atom stereocenters. The van der Waals surface area contributed by atoms with Crippen molar-refractivity contribution in [1.29, 1.82) is 0 Å². The second kappa shape index (κ2) is 6.50. The van der Waals surface area contributed by atoms with Gasteiger partial charge in [-0.3, -0.25) is 4.79 Å². The van der Waals surface area contributed by atoms with E-state index in [1.807, 2.05) is 55.5 Å². The lowest BCUT2D eigenvalue weighted by Crippen LogP contribution is -2.17. The molecule has 0 saturated carbocycles. The highest BCUT2D eigenvalue weighted by molar-refractivity contribution is 5.94. The highest BCUT2D eigenvalue weighted by Crippen LogP contribution is 2.11. The molecule has 96 valence electrons. The summed E-state index contributed by atoms with van der Waals surface area (Å²) in [6.07, 6.45) is 1.73. The van der Waals surface area contributed by atoms with E-state index in [0.29, 0.717) is 5.56 Å². The van der Waals surface area contributed by atoms with Gasteiger partial charge in [-0.05, 0) is 17.7 Å². The third kappa shape index (κ3) is 3.78. The smallest absolute Gasteiger partial charge is 0.267 e. The molecule has 0 unspecified atom stereocenters. The van der Waals surface area contributed by atoms with Gasteiger partial charge in [0.25, 0.3) is 5.91 Å². The first-order chi connectivity index (χ1) is 9.27. The monoisotopic (exact) mass is 252 g/mol. The molecule has 19 heavy (non-hydrogen) atoms. The van der Waals surface area contributed by atoms with Crippen LogP contribution in [0.2, 0.25) is 0 Å². The molecular formula is C16H16N2O. The Labute approximate surface area is 113 Å². The van der Waals surface area contributed by atoms with Gasteiger partial charge in [0.05, 0.1) is 0 Å². The lowest BCUT2D eigenvalue weighted by molar-refractivity contribution is 0.0955. The van der Waals surface area contributed by atoms with Crippen LogP contribution in [0.15, 0.2) is 65.8 Å². The molecule has 0 aliphatic heterocycles. The predicted octanol–water partition coefficient (Wildman–Crippen LogP) is 3.21. The van der Waals surface area contributed by atoms with E-state index in [-0.39, 0.29) is 11.8 Å². The van der Waals surface area contributed by atoms with Crippen molar-refractivity contribution in [3.63, 3.8) is 0 Å². The van der Waals surface area contributed by atoms with Crippen molar-refractivity contribution in [2.24, 2.45) is 5.10 Å². The molecule has 2 rings (SSSR count). The molecule has 3 nitrogen and oxygen atoms in total. The van der Waals surface area contributed by atoms with Crippen LogP contribution in [0.1, 0.15) is 28.8 Å². The number of benzene rings is 2. The van der Waals surface area contributed by atoms with Crippen molar-refractivity contribution >= 4 is 12.1 Å². The van der Waals surface area contributed by atoms with E-state index in [9.17, 15) is 4.79 Å². The molecule has 0 heterocycles. The van der Waals surface area contributed by atoms with Gasteiger partial charge in [0.2, 0.25) is 0 Å². The molecule has 0 saturated heterocycles. The van der Waals surface area contributed by atoms with Crippen LogP contribution in [0, 0.1) is 0 Å². The third-order valence-electron chi connectivity index (χ3n) is 2.83. The van der Waals surface area contributed by atoms with Gasteiger partial charge >= 0.3 is 0 Å². The summed E-state index contributed by atoms with van der Waals surface area (Å²) in [6.45, 7) is 2.04. The van der Waals surface area contributed by atoms with Gasteiger partial charge in [-0.25, -0.2) is 5.43 Å². The average molecular weight is 252 g/mol. The van der Waals surface area contributed by atoms with Crippen LogP contribution in [-0.2, 0) is 0 Å². The lowest BCUT2D eigenvalue weighted by Gasteiger charge is -2.05. The summed E-state index contributed by atoms with van der Waals surface area (Å²) >= 11 is 0. The molecule has 1 amide bonds. The summed E-state index contributed by atoms with van der Waals surface area (Å²) in [5.74, 6) is -0.0330. The van der Waals surface area contributed by atoms with Gasteiger partial charge in [-0.2, -0.15) is 5.10 Å². The normalized spacial score (nSPS) is 12.3. The minimum absolute atomic E-state index is 0.164. The minimum Gasteiger partial charge on any atom is -0.267 e. The highest BCUT2D eigenvalue weighted by Gasteiger charge is 2.03. The fourth-order valence-electron chi connectivity index (χ4n) is 1.70. The van der Waals surface area contributed by atoms with Crippen LogP contribution in [0.5, 0.6) is 0 Å². The summed E-state index contributed by atoms with van der Waals surface area (Å²) in [7, 11) is 0. The first-order valence-electron chi connectivity index (χ1n) is 6.21. The zero-order valence-electron chi connectivity index (χ0n) is 10.8. The minimum atomic E-state index is -0.197. The molecule has 2 aromatic carbocycles. The maximum atomic E-state index is 11.7. The second-order valence-electron chi connectivity index (χ2n) is 4.28. The van der Waals surface area contributed by atoms with Crippen LogP contribution in [-0.4, -0.2) is 12.1 Å². The third-order valence-corrected chi connectivity index (χ3v) is 2.83.